The van der Waals surface area contributed by atoms with Crippen LogP contribution in [0.25, 0.3) is 0 Å². The molecular weight excluding hydrogens is 322 g/mol. The first-order chi connectivity index (χ1) is 11.5. The largest absolute Gasteiger partial charge is 0.368 e. The lowest BCUT2D eigenvalue weighted by Crippen LogP contribution is -2.41. The standard InChI is InChI=1S/C18H23N3O2S/c19-24(22,23)14-6-11-20-12-13-21(15-16-7-2-1-3-8-16)18-10-5-4-9-17(18)20/h1-5,7-10H,6,11-15H2,(H2,19,22,23). The number of nitrogens with two attached hydrogens (primary N) is 1. The molecule has 3 rings (SSSR count). The third-order valence-corrected chi connectivity index (χ3v) is 5.13. The second kappa shape index (κ2) is 7.23. The van der Waals surface area contributed by atoms with Crippen molar-refractivity contribution in [2.75, 3.05) is 35.2 Å². The van der Waals surface area contributed by atoms with Gasteiger partial charge in [-0.1, -0.05) is 42.5 Å². The number of fused-ring (bicyclic) bond motifs is 1. The van der Waals surface area contributed by atoms with Crippen molar-refractivity contribution in [3.05, 3.63) is 60.2 Å². The quantitative estimate of drug-likeness (QED) is 0.871. The average Bonchev–Trinajstić information content (AvgIpc) is 2.57. The van der Waals surface area contributed by atoms with Gasteiger partial charge in [-0.15, -0.1) is 0 Å². The summed E-state index contributed by atoms with van der Waals surface area (Å²) in [5.41, 5.74) is 3.65. The van der Waals surface area contributed by atoms with Gasteiger partial charge >= 0.3 is 0 Å². The summed E-state index contributed by atoms with van der Waals surface area (Å²) in [6, 6.07) is 18.7. The normalized spacial score (nSPS) is 14.5. The minimum Gasteiger partial charge on any atom is -0.368 e. The molecule has 128 valence electrons. The van der Waals surface area contributed by atoms with Gasteiger partial charge in [-0.25, -0.2) is 13.6 Å². The summed E-state index contributed by atoms with van der Waals surface area (Å²) in [6.07, 6.45) is 0.547. The topological polar surface area (TPSA) is 66.6 Å². The van der Waals surface area contributed by atoms with E-state index in [1.807, 2.05) is 18.2 Å². The van der Waals surface area contributed by atoms with Gasteiger partial charge in [-0.3, -0.25) is 0 Å². The predicted molar refractivity (Wildman–Crippen MR) is 98.7 cm³/mol. The highest BCUT2D eigenvalue weighted by Gasteiger charge is 2.22. The molecule has 0 spiro atoms. The van der Waals surface area contributed by atoms with Crippen LogP contribution in [0.5, 0.6) is 0 Å². The van der Waals surface area contributed by atoms with Crippen LogP contribution in [0.15, 0.2) is 54.6 Å². The molecule has 0 saturated carbocycles. The second-order valence-corrected chi connectivity index (χ2v) is 7.84. The number of rotatable bonds is 6. The third-order valence-electron chi connectivity index (χ3n) is 4.28. The van der Waals surface area contributed by atoms with E-state index in [0.717, 1.165) is 25.3 Å². The molecule has 0 aliphatic carbocycles. The number of hydrogen-bond acceptors (Lipinski definition) is 4. The van der Waals surface area contributed by atoms with Gasteiger partial charge in [-0.2, -0.15) is 0 Å². The zero-order chi connectivity index (χ0) is 17.0. The molecule has 0 bridgehead atoms. The second-order valence-electron chi connectivity index (χ2n) is 6.10. The van der Waals surface area contributed by atoms with Crippen LogP contribution in [0.2, 0.25) is 0 Å². The Labute approximate surface area is 143 Å². The Balaban J connectivity index is 1.73. The van der Waals surface area contributed by atoms with Crippen LogP contribution in [-0.2, 0) is 16.6 Å². The Morgan fingerprint density at radius 1 is 0.875 bits per heavy atom. The van der Waals surface area contributed by atoms with Crippen LogP contribution in [0.3, 0.4) is 0 Å². The molecule has 0 amide bonds. The molecule has 6 heteroatoms. The van der Waals surface area contributed by atoms with Crippen molar-refractivity contribution in [2.45, 2.75) is 13.0 Å². The molecule has 0 radical (unpaired) electrons. The molecule has 1 aliphatic heterocycles. The molecular formula is C18H23N3O2S. The van der Waals surface area contributed by atoms with Crippen LogP contribution in [0.4, 0.5) is 11.4 Å². The average molecular weight is 345 g/mol. The first-order valence-electron chi connectivity index (χ1n) is 8.16. The van der Waals surface area contributed by atoms with Gasteiger partial charge in [0.1, 0.15) is 0 Å². The van der Waals surface area contributed by atoms with Crippen molar-refractivity contribution < 1.29 is 8.42 Å². The van der Waals surface area contributed by atoms with E-state index >= 15 is 0 Å². The molecule has 0 unspecified atom stereocenters. The molecule has 0 saturated heterocycles. The maximum Gasteiger partial charge on any atom is 0.209 e. The van der Waals surface area contributed by atoms with E-state index in [0.29, 0.717) is 13.0 Å². The van der Waals surface area contributed by atoms with Gasteiger partial charge in [-0.05, 0) is 24.1 Å². The van der Waals surface area contributed by atoms with Crippen LogP contribution >= 0.6 is 0 Å². The van der Waals surface area contributed by atoms with E-state index in [2.05, 4.69) is 46.2 Å². The van der Waals surface area contributed by atoms with Gasteiger partial charge < -0.3 is 9.80 Å². The van der Waals surface area contributed by atoms with Crippen LogP contribution in [-0.4, -0.2) is 33.8 Å². The van der Waals surface area contributed by atoms with Crippen LogP contribution < -0.4 is 14.9 Å². The van der Waals surface area contributed by atoms with Crippen molar-refractivity contribution in [2.24, 2.45) is 5.14 Å². The zero-order valence-corrected chi connectivity index (χ0v) is 14.5. The number of anilines is 2. The summed E-state index contributed by atoms with van der Waals surface area (Å²) in [5.74, 6) is 0.0272. The number of nitrogens with zero attached hydrogens (tertiary/aromatic N) is 2. The van der Waals surface area contributed by atoms with Crippen LogP contribution in [0, 0.1) is 0 Å². The molecule has 2 aromatic rings. The van der Waals surface area contributed by atoms with E-state index in [9.17, 15) is 8.42 Å². The minimum absolute atomic E-state index is 0.0272. The number of benzene rings is 2. The Morgan fingerprint density at radius 3 is 2.12 bits per heavy atom. The first kappa shape index (κ1) is 16.8. The minimum atomic E-state index is -3.39. The summed E-state index contributed by atoms with van der Waals surface area (Å²) >= 11 is 0. The van der Waals surface area contributed by atoms with Gasteiger partial charge in [0.15, 0.2) is 0 Å². The fraction of sp³-hybridized carbons (Fsp3) is 0.333. The third kappa shape index (κ3) is 4.27. The number of primary sulfonamides is 1. The Morgan fingerprint density at radius 2 is 1.46 bits per heavy atom. The Bertz CT molecular complexity index is 778. The first-order valence-corrected chi connectivity index (χ1v) is 9.88. The molecule has 0 atom stereocenters. The molecule has 24 heavy (non-hydrogen) atoms. The monoisotopic (exact) mass is 345 g/mol. The number of hydrogen-bond donors (Lipinski definition) is 1. The smallest absolute Gasteiger partial charge is 0.209 e. The molecule has 5 nitrogen and oxygen atoms in total. The van der Waals surface area contributed by atoms with Crippen molar-refractivity contribution >= 4 is 21.4 Å². The molecule has 0 fully saturated rings. The maximum absolute atomic E-state index is 11.1. The molecule has 1 heterocycles. The summed E-state index contributed by atoms with van der Waals surface area (Å²) in [6.45, 7) is 3.38. The highest BCUT2D eigenvalue weighted by Crippen LogP contribution is 2.33. The molecule has 1 aliphatic rings. The SMILES string of the molecule is NS(=O)(=O)CCCN1CCN(Cc2ccccc2)c2ccccc21. The highest BCUT2D eigenvalue weighted by atomic mass is 32.2. The van der Waals surface area contributed by atoms with Gasteiger partial charge in [0.25, 0.3) is 0 Å². The van der Waals surface area contributed by atoms with Crippen molar-refractivity contribution in [1.29, 1.82) is 0 Å². The van der Waals surface area contributed by atoms with Crippen molar-refractivity contribution in [1.82, 2.24) is 0 Å². The van der Waals surface area contributed by atoms with E-state index in [1.54, 1.807) is 0 Å². The summed E-state index contributed by atoms with van der Waals surface area (Å²) in [7, 11) is -3.39. The number of sulfonamides is 1. The lowest BCUT2D eigenvalue weighted by atomic mass is 10.1. The van der Waals surface area contributed by atoms with E-state index in [1.165, 1.54) is 11.3 Å². The Kier molecular flexibility index (Phi) is 5.06. The lowest BCUT2D eigenvalue weighted by Gasteiger charge is -2.39. The van der Waals surface area contributed by atoms with Crippen molar-refractivity contribution in [3.8, 4) is 0 Å². The molecule has 2 aromatic carbocycles. The predicted octanol–water partition coefficient (Wildman–Crippen LogP) is 2.19. The number of para-hydroxylation sites is 2. The molecule has 2 N–H and O–H groups in total. The van der Waals surface area contributed by atoms with E-state index in [4.69, 9.17) is 5.14 Å². The molecule has 0 aromatic heterocycles. The summed E-state index contributed by atoms with van der Waals surface area (Å²) in [4.78, 5) is 4.63. The van der Waals surface area contributed by atoms with E-state index in [-0.39, 0.29) is 5.75 Å². The summed E-state index contributed by atoms with van der Waals surface area (Å²) < 4.78 is 22.2. The fourth-order valence-electron chi connectivity index (χ4n) is 3.14. The zero-order valence-electron chi connectivity index (χ0n) is 13.6. The van der Waals surface area contributed by atoms with Crippen LogP contribution in [0.1, 0.15) is 12.0 Å². The summed E-state index contributed by atoms with van der Waals surface area (Å²) in [5, 5.41) is 5.10. The van der Waals surface area contributed by atoms with E-state index < -0.39 is 10.0 Å². The van der Waals surface area contributed by atoms with Crippen molar-refractivity contribution in [3.63, 3.8) is 0 Å². The van der Waals surface area contributed by atoms with Gasteiger partial charge in [0, 0.05) is 26.2 Å². The van der Waals surface area contributed by atoms with Gasteiger partial charge in [0.2, 0.25) is 10.0 Å². The highest BCUT2D eigenvalue weighted by molar-refractivity contribution is 7.89. The maximum atomic E-state index is 11.1. The lowest BCUT2D eigenvalue weighted by molar-refractivity contribution is 0.593. The fourth-order valence-corrected chi connectivity index (χ4v) is 3.67. The Hall–Kier alpha value is -2.05. The van der Waals surface area contributed by atoms with Gasteiger partial charge in [0.05, 0.1) is 17.1 Å².